The summed E-state index contributed by atoms with van der Waals surface area (Å²) in [6, 6.07) is 12.8. The molecule has 0 bridgehead atoms. The molecule has 1 heterocycles. The number of hydrogen-bond acceptors (Lipinski definition) is 3. The lowest BCUT2D eigenvalue weighted by Crippen LogP contribution is -1.96. The third-order valence-electron chi connectivity index (χ3n) is 2.94. The molecule has 2 aromatic carbocycles. The molecule has 0 radical (unpaired) electrons. The van der Waals surface area contributed by atoms with Crippen molar-refractivity contribution in [3.05, 3.63) is 63.7 Å². The Morgan fingerprint density at radius 3 is 2.56 bits per heavy atom. The summed E-state index contributed by atoms with van der Waals surface area (Å²) in [4.78, 5) is 10.6. The maximum absolute atomic E-state index is 11.0. The number of nitrogens with zero attached hydrogens (tertiary/aromatic N) is 1. The highest BCUT2D eigenvalue weighted by Gasteiger charge is 2.17. The summed E-state index contributed by atoms with van der Waals surface area (Å²) in [5, 5.41) is 14.2. The van der Waals surface area contributed by atoms with Gasteiger partial charge in [-0.1, -0.05) is 30.3 Å². The molecule has 0 fully saturated rings. The fourth-order valence-electron chi connectivity index (χ4n) is 2.07. The zero-order chi connectivity index (χ0) is 12.5. The van der Waals surface area contributed by atoms with Gasteiger partial charge in [0.25, 0.3) is 5.69 Å². The van der Waals surface area contributed by atoms with E-state index in [9.17, 15) is 10.1 Å². The molecule has 1 aliphatic heterocycles. The van der Waals surface area contributed by atoms with E-state index in [1.54, 1.807) is 12.1 Å². The molecular weight excluding hydrogens is 228 g/mol. The second kappa shape index (κ2) is 4.00. The summed E-state index contributed by atoms with van der Waals surface area (Å²) in [6.45, 7) is 0. The molecule has 4 nitrogen and oxygen atoms in total. The lowest BCUT2D eigenvalue weighted by atomic mass is 10.1. The van der Waals surface area contributed by atoms with Gasteiger partial charge >= 0.3 is 0 Å². The van der Waals surface area contributed by atoms with Gasteiger partial charge in [0.1, 0.15) is 0 Å². The first-order valence-electron chi connectivity index (χ1n) is 5.57. The molecule has 0 unspecified atom stereocenters. The van der Waals surface area contributed by atoms with Crippen molar-refractivity contribution >= 4 is 29.2 Å². The average Bonchev–Trinajstić information content (AvgIpc) is 2.56. The number of para-hydroxylation sites is 1. The molecule has 0 atom stereocenters. The Bertz CT molecular complexity index is 663. The summed E-state index contributed by atoms with van der Waals surface area (Å²) < 4.78 is 0. The smallest absolute Gasteiger partial charge is 0.278 e. The van der Waals surface area contributed by atoms with Crippen LogP contribution in [0, 0.1) is 10.1 Å². The molecule has 0 spiro atoms. The molecule has 4 heteroatoms. The molecular formula is C14H10N2O2. The third kappa shape index (κ3) is 1.64. The van der Waals surface area contributed by atoms with E-state index in [0.29, 0.717) is 5.56 Å². The Hall–Kier alpha value is -2.62. The highest BCUT2D eigenvalue weighted by Crippen LogP contribution is 2.34. The average molecular weight is 238 g/mol. The van der Waals surface area contributed by atoms with Crippen molar-refractivity contribution in [1.82, 2.24) is 0 Å². The summed E-state index contributed by atoms with van der Waals surface area (Å²) in [6.07, 6.45) is 3.67. The first kappa shape index (κ1) is 10.5. The largest absolute Gasteiger partial charge is 0.354 e. The standard InChI is InChI=1S/C14H10N2O2/c17-16(18)14-7-3-6-13-11(14)9-8-10-4-1-2-5-12(10)15-13/h1-9,15H. The number of nitro groups is 1. The van der Waals surface area contributed by atoms with Gasteiger partial charge in [0, 0.05) is 11.8 Å². The van der Waals surface area contributed by atoms with Crippen LogP contribution in [-0.2, 0) is 0 Å². The Morgan fingerprint density at radius 2 is 1.72 bits per heavy atom. The van der Waals surface area contributed by atoms with Gasteiger partial charge in [-0.05, 0) is 23.8 Å². The lowest BCUT2D eigenvalue weighted by molar-refractivity contribution is -0.385. The maximum atomic E-state index is 11.0. The normalized spacial score (nSPS) is 12.0. The van der Waals surface area contributed by atoms with E-state index in [1.807, 2.05) is 36.4 Å². The van der Waals surface area contributed by atoms with E-state index in [1.165, 1.54) is 6.07 Å². The maximum Gasteiger partial charge on any atom is 0.278 e. The molecule has 18 heavy (non-hydrogen) atoms. The Balaban J connectivity index is 2.20. The first-order chi connectivity index (χ1) is 8.75. The van der Waals surface area contributed by atoms with Crippen LogP contribution in [0.15, 0.2) is 42.5 Å². The minimum absolute atomic E-state index is 0.115. The number of nitro benzene ring substituents is 1. The van der Waals surface area contributed by atoms with Crippen molar-refractivity contribution < 1.29 is 4.92 Å². The lowest BCUT2D eigenvalue weighted by Gasteiger charge is -2.09. The quantitative estimate of drug-likeness (QED) is 0.518. The highest BCUT2D eigenvalue weighted by molar-refractivity contribution is 5.90. The Kier molecular flexibility index (Phi) is 2.34. The Labute approximate surface area is 104 Å². The first-order valence-corrected chi connectivity index (χ1v) is 5.57. The van der Waals surface area contributed by atoms with Crippen LogP contribution in [0.5, 0.6) is 0 Å². The topological polar surface area (TPSA) is 55.2 Å². The van der Waals surface area contributed by atoms with Gasteiger partial charge < -0.3 is 5.32 Å². The van der Waals surface area contributed by atoms with Crippen LogP contribution in [0.1, 0.15) is 11.1 Å². The monoisotopic (exact) mass is 238 g/mol. The van der Waals surface area contributed by atoms with Crippen molar-refractivity contribution in [2.75, 3.05) is 5.32 Å². The van der Waals surface area contributed by atoms with Crippen LogP contribution >= 0.6 is 0 Å². The molecule has 88 valence electrons. The number of benzene rings is 2. The van der Waals surface area contributed by atoms with E-state index < -0.39 is 0 Å². The van der Waals surface area contributed by atoms with Crippen LogP contribution < -0.4 is 5.32 Å². The van der Waals surface area contributed by atoms with E-state index >= 15 is 0 Å². The predicted molar refractivity (Wildman–Crippen MR) is 71.7 cm³/mol. The van der Waals surface area contributed by atoms with Crippen molar-refractivity contribution in [3.8, 4) is 0 Å². The minimum atomic E-state index is -0.360. The van der Waals surface area contributed by atoms with Crippen molar-refractivity contribution in [3.63, 3.8) is 0 Å². The van der Waals surface area contributed by atoms with E-state index in [-0.39, 0.29) is 10.6 Å². The number of anilines is 2. The van der Waals surface area contributed by atoms with Gasteiger partial charge in [-0.25, -0.2) is 0 Å². The van der Waals surface area contributed by atoms with Crippen molar-refractivity contribution in [2.24, 2.45) is 0 Å². The van der Waals surface area contributed by atoms with E-state index in [2.05, 4.69) is 5.32 Å². The molecule has 2 aromatic rings. The van der Waals surface area contributed by atoms with Crippen LogP contribution in [0.3, 0.4) is 0 Å². The fraction of sp³-hybridized carbons (Fsp3) is 0. The van der Waals surface area contributed by atoms with Crippen LogP contribution in [0.25, 0.3) is 12.2 Å². The van der Waals surface area contributed by atoms with Gasteiger partial charge in [0.2, 0.25) is 0 Å². The fourth-order valence-corrected chi connectivity index (χ4v) is 2.07. The molecule has 0 saturated heterocycles. The van der Waals surface area contributed by atoms with E-state index in [0.717, 1.165) is 16.9 Å². The minimum Gasteiger partial charge on any atom is -0.354 e. The predicted octanol–water partition coefficient (Wildman–Crippen LogP) is 3.82. The molecule has 3 rings (SSSR count). The SMILES string of the molecule is O=[N+]([O-])c1cccc2c1C=Cc1ccccc1N2. The Morgan fingerprint density at radius 1 is 0.944 bits per heavy atom. The zero-order valence-electron chi connectivity index (χ0n) is 9.46. The molecule has 0 saturated carbocycles. The number of rotatable bonds is 1. The van der Waals surface area contributed by atoms with Crippen LogP contribution in [0.2, 0.25) is 0 Å². The second-order valence-electron chi connectivity index (χ2n) is 4.04. The second-order valence-corrected chi connectivity index (χ2v) is 4.04. The van der Waals surface area contributed by atoms with Gasteiger partial charge in [-0.3, -0.25) is 10.1 Å². The molecule has 1 N–H and O–H groups in total. The summed E-state index contributed by atoms with van der Waals surface area (Å²) in [7, 11) is 0. The zero-order valence-corrected chi connectivity index (χ0v) is 9.46. The third-order valence-corrected chi connectivity index (χ3v) is 2.94. The number of hydrogen-bond donors (Lipinski definition) is 1. The summed E-state index contributed by atoms with van der Waals surface area (Å²) >= 11 is 0. The van der Waals surface area contributed by atoms with Crippen molar-refractivity contribution in [1.29, 1.82) is 0 Å². The van der Waals surface area contributed by atoms with Gasteiger partial charge in [0.15, 0.2) is 0 Å². The van der Waals surface area contributed by atoms with Gasteiger partial charge in [-0.2, -0.15) is 0 Å². The van der Waals surface area contributed by atoms with E-state index in [4.69, 9.17) is 0 Å². The van der Waals surface area contributed by atoms with Crippen molar-refractivity contribution in [2.45, 2.75) is 0 Å². The summed E-state index contributed by atoms with van der Waals surface area (Å²) in [5.74, 6) is 0. The van der Waals surface area contributed by atoms with Crippen LogP contribution in [0.4, 0.5) is 17.1 Å². The molecule has 1 aliphatic rings. The molecule has 0 amide bonds. The molecule has 0 aromatic heterocycles. The van der Waals surface area contributed by atoms with Crippen LogP contribution in [-0.4, -0.2) is 4.92 Å². The number of nitrogens with one attached hydrogen (secondary N) is 1. The summed E-state index contributed by atoms with van der Waals surface area (Å²) in [5.41, 5.74) is 3.45. The van der Waals surface area contributed by atoms with Gasteiger partial charge in [0.05, 0.1) is 16.2 Å². The molecule has 0 aliphatic carbocycles. The highest BCUT2D eigenvalue weighted by atomic mass is 16.6. The number of fused-ring (bicyclic) bond motifs is 2. The van der Waals surface area contributed by atoms with Gasteiger partial charge in [-0.15, -0.1) is 0 Å².